The molecule has 16 heavy (non-hydrogen) atoms. The van der Waals surface area contributed by atoms with Gasteiger partial charge in [0.2, 0.25) is 0 Å². The van der Waals surface area contributed by atoms with Crippen LogP contribution in [0.15, 0.2) is 23.4 Å². The van der Waals surface area contributed by atoms with Crippen LogP contribution >= 0.6 is 0 Å². The SMILES string of the molecule is [C-]#[N+]/C(C#N)=C(/C(=C)C#N)C1CCCCC1. The molecule has 0 aromatic rings. The van der Waals surface area contributed by atoms with Gasteiger partial charge in [-0.15, -0.1) is 0 Å². The van der Waals surface area contributed by atoms with Crippen LogP contribution < -0.4 is 0 Å². The molecule has 0 aliphatic heterocycles. The average Bonchev–Trinajstić information content (AvgIpc) is 2.36. The van der Waals surface area contributed by atoms with Crippen molar-refractivity contribution in [2.75, 3.05) is 0 Å². The molecule has 1 saturated carbocycles. The summed E-state index contributed by atoms with van der Waals surface area (Å²) in [5, 5.41) is 17.8. The first-order chi connectivity index (χ1) is 7.74. The summed E-state index contributed by atoms with van der Waals surface area (Å²) in [7, 11) is 0. The van der Waals surface area contributed by atoms with Gasteiger partial charge in [-0.1, -0.05) is 25.8 Å². The summed E-state index contributed by atoms with van der Waals surface area (Å²) in [6, 6.07) is 3.84. The molecule has 3 nitrogen and oxygen atoms in total. The van der Waals surface area contributed by atoms with Gasteiger partial charge in [0.15, 0.2) is 0 Å². The Morgan fingerprint density at radius 2 is 1.81 bits per heavy atom. The lowest BCUT2D eigenvalue weighted by molar-refractivity contribution is 0.406. The second-order valence-corrected chi connectivity index (χ2v) is 3.91. The Balaban J connectivity index is 3.12. The van der Waals surface area contributed by atoms with E-state index in [2.05, 4.69) is 11.4 Å². The molecule has 0 heterocycles. The molecule has 1 aliphatic rings. The van der Waals surface area contributed by atoms with Crippen LogP contribution in [0.4, 0.5) is 0 Å². The van der Waals surface area contributed by atoms with E-state index in [1.165, 1.54) is 6.42 Å². The summed E-state index contributed by atoms with van der Waals surface area (Å²) in [5.41, 5.74) is 0.901. The van der Waals surface area contributed by atoms with Gasteiger partial charge in [0, 0.05) is 5.57 Å². The van der Waals surface area contributed by atoms with E-state index in [4.69, 9.17) is 17.1 Å². The van der Waals surface area contributed by atoms with Gasteiger partial charge in [0.1, 0.15) is 0 Å². The molecular formula is C13H13N3. The van der Waals surface area contributed by atoms with Gasteiger partial charge in [0.05, 0.1) is 18.7 Å². The molecule has 0 spiro atoms. The van der Waals surface area contributed by atoms with Crippen molar-refractivity contribution < 1.29 is 0 Å². The predicted molar refractivity (Wildman–Crippen MR) is 60.6 cm³/mol. The number of allylic oxidation sites excluding steroid dienone is 3. The van der Waals surface area contributed by atoms with E-state index in [1.54, 1.807) is 0 Å². The van der Waals surface area contributed by atoms with Gasteiger partial charge in [-0.3, -0.25) is 0 Å². The zero-order valence-corrected chi connectivity index (χ0v) is 9.16. The number of rotatable bonds is 2. The Hall–Kier alpha value is -2.05. The highest BCUT2D eigenvalue weighted by molar-refractivity contribution is 5.50. The first-order valence-electron chi connectivity index (χ1n) is 5.35. The molecule has 0 saturated heterocycles. The monoisotopic (exact) mass is 211 g/mol. The smallest absolute Gasteiger partial charge is 0.226 e. The maximum atomic E-state index is 8.90. The Bertz CT molecular complexity index is 415. The molecule has 0 atom stereocenters. The van der Waals surface area contributed by atoms with Gasteiger partial charge in [-0.05, 0) is 24.3 Å². The van der Waals surface area contributed by atoms with Crippen LogP contribution in [0.2, 0.25) is 0 Å². The molecule has 1 fully saturated rings. The van der Waals surface area contributed by atoms with Crippen LogP contribution in [0, 0.1) is 35.2 Å². The second-order valence-electron chi connectivity index (χ2n) is 3.91. The zero-order chi connectivity index (χ0) is 12.0. The largest absolute Gasteiger partial charge is 0.266 e. The fourth-order valence-electron chi connectivity index (χ4n) is 2.18. The van der Waals surface area contributed by atoms with Crippen LogP contribution in [0.5, 0.6) is 0 Å². The molecule has 3 heteroatoms. The van der Waals surface area contributed by atoms with Crippen molar-refractivity contribution in [3.8, 4) is 12.1 Å². The quantitative estimate of drug-likeness (QED) is 0.399. The third kappa shape index (κ3) is 2.50. The highest BCUT2D eigenvalue weighted by atomic mass is 14.7. The van der Waals surface area contributed by atoms with E-state index in [0.717, 1.165) is 25.7 Å². The number of nitrogens with zero attached hydrogens (tertiary/aromatic N) is 3. The van der Waals surface area contributed by atoms with Gasteiger partial charge in [-0.25, -0.2) is 10.1 Å². The van der Waals surface area contributed by atoms with Crippen molar-refractivity contribution in [2.45, 2.75) is 32.1 Å². The Morgan fingerprint density at radius 1 is 1.19 bits per heavy atom. The summed E-state index contributed by atoms with van der Waals surface area (Å²) < 4.78 is 0. The van der Waals surface area contributed by atoms with Crippen LogP contribution in [0.3, 0.4) is 0 Å². The van der Waals surface area contributed by atoms with Gasteiger partial charge in [0.25, 0.3) is 5.70 Å². The van der Waals surface area contributed by atoms with Crippen LogP contribution in [-0.4, -0.2) is 0 Å². The van der Waals surface area contributed by atoms with Crippen molar-refractivity contribution in [1.82, 2.24) is 0 Å². The molecule has 0 aromatic carbocycles. The molecule has 0 unspecified atom stereocenters. The van der Waals surface area contributed by atoms with E-state index in [-0.39, 0.29) is 17.2 Å². The Kier molecular flexibility index (Phi) is 4.31. The van der Waals surface area contributed by atoms with Crippen molar-refractivity contribution in [3.63, 3.8) is 0 Å². The third-order valence-corrected chi connectivity index (χ3v) is 2.95. The molecule has 0 radical (unpaired) electrons. The Labute approximate surface area is 96.1 Å². The Morgan fingerprint density at radius 3 is 2.25 bits per heavy atom. The lowest BCUT2D eigenvalue weighted by Crippen LogP contribution is -2.11. The van der Waals surface area contributed by atoms with Gasteiger partial charge >= 0.3 is 0 Å². The maximum Gasteiger partial charge on any atom is 0.266 e. The fraction of sp³-hybridized carbons (Fsp3) is 0.462. The van der Waals surface area contributed by atoms with E-state index in [9.17, 15) is 0 Å². The number of nitriles is 2. The number of hydrogen-bond acceptors (Lipinski definition) is 2. The highest BCUT2D eigenvalue weighted by Gasteiger charge is 2.23. The summed E-state index contributed by atoms with van der Waals surface area (Å²) in [4.78, 5) is 3.21. The van der Waals surface area contributed by atoms with E-state index in [0.29, 0.717) is 5.57 Å². The van der Waals surface area contributed by atoms with E-state index in [1.807, 2.05) is 12.1 Å². The molecule has 0 bridgehead atoms. The molecule has 1 aliphatic carbocycles. The minimum atomic E-state index is 0.0402. The molecule has 1 rings (SSSR count). The molecule has 0 amide bonds. The van der Waals surface area contributed by atoms with Crippen LogP contribution in [0.1, 0.15) is 32.1 Å². The summed E-state index contributed by atoms with van der Waals surface area (Å²) >= 11 is 0. The van der Waals surface area contributed by atoms with E-state index >= 15 is 0 Å². The summed E-state index contributed by atoms with van der Waals surface area (Å²) in [6.45, 7) is 10.6. The second kappa shape index (κ2) is 5.74. The molecule has 0 aromatic heterocycles. The summed E-state index contributed by atoms with van der Waals surface area (Å²) in [5.74, 6) is 0.171. The van der Waals surface area contributed by atoms with Gasteiger partial charge < -0.3 is 0 Å². The minimum Gasteiger partial charge on any atom is -0.226 e. The normalized spacial score (nSPS) is 17.6. The zero-order valence-electron chi connectivity index (χ0n) is 9.16. The van der Waals surface area contributed by atoms with Crippen molar-refractivity contribution in [2.24, 2.45) is 5.92 Å². The predicted octanol–water partition coefficient (Wildman–Crippen LogP) is 3.34. The number of hydrogen-bond donors (Lipinski definition) is 0. The van der Waals surface area contributed by atoms with Crippen LogP contribution in [-0.2, 0) is 0 Å². The topological polar surface area (TPSA) is 51.9 Å². The maximum absolute atomic E-state index is 8.90. The van der Waals surface area contributed by atoms with Crippen LogP contribution in [0.25, 0.3) is 4.85 Å². The lowest BCUT2D eigenvalue weighted by atomic mass is 9.80. The first-order valence-corrected chi connectivity index (χ1v) is 5.35. The minimum absolute atomic E-state index is 0.0402. The third-order valence-electron chi connectivity index (χ3n) is 2.95. The lowest BCUT2D eigenvalue weighted by Gasteiger charge is -2.24. The average molecular weight is 211 g/mol. The fourth-order valence-corrected chi connectivity index (χ4v) is 2.18. The molecular weight excluding hydrogens is 198 g/mol. The standard InChI is InChI=1S/C13H13N3/c1-10(8-14)13(12(9-15)16-2)11-6-4-3-5-7-11/h11H,1,3-7H2/b13-12-. The molecule has 80 valence electrons. The summed E-state index contributed by atoms with van der Waals surface area (Å²) in [6.07, 6.45) is 5.31. The van der Waals surface area contributed by atoms with Crippen molar-refractivity contribution in [3.05, 3.63) is 34.8 Å². The first kappa shape index (κ1) is 12.0. The van der Waals surface area contributed by atoms with E-state index < -0.39 is 0 Å². The van der Waals surface area contributed by atoms with Gasteiger partial charge in [-0.2, -0.15) is 5.26 Å². The van der Waals surface area contributed by atoms with Crippen molar-refractivity contribution >= 4 is 0 Å². The molecule has 0 N–H and O–H groups in total. The van der Waals surface area contributed by atoms with Crippen molar-refractivity contribution in [1.29, 1.82) is 10.5 Å². The highest BCUT2D eigenvalue weighted by Crippen LogP contribution is 2.34.